The van der Waals surface area contributed by atoms with Gasteiger partial charge in [0.15, 0.2) is 0 Å². The molecule has 0 atom stereocenters. The van der Waals surface area contributed by atoms with Crippen molar-refractivity contribution in [1.82, 2.24) is 4.98 Å². The smallest absolute Gasteiger partial charge is 0.124 e. The number of aryl methyl sites for hydroxylation is 1. The molecular weight excluding hydrogens is 422 g/mol. The third-order valence-corrected chi connectivity index (χ3v) is 7.46. The number of nitrogens with zero attached hydrogens (tertiary/aromatic N) is 1. The second kappa shape index (κ2) is 15.1. The average Bonchev–Trinajstić information content (AvgIpc) is 3.27. The summed E-state index contributed by atoms with van der Waals surface area (Å²) in [4.78, 5) is 4.88. The van der Waals surface area contributed by atoms with Gasteiger partial charge in [-0.05, 0) is 61.2 Å². The first-order valence-corrected chi connectivity index (χ1v) is 14.2. The fourth-order valence-corrected chi connectivity index (χ4v) is 5.34. The van der Waals surface area contributed by atoms with Gasteiger partial charge in [-0.25, -0.2) is 4.98 Å². The van der Waals surface area contributed by atoms with Crippen LogP contribution in [0.1, 0.15) is 103 Å². The molecule has 2 aromatic carbocycles. The minimum absolute atomic E-state index is 0.811. The van der Waals surface area contributed by atoms with Gasteiger partial charge in [-0.15, -0.1) is 11.3 Å². The Kier molecular flexibility index (Phi) is 11.8. The maximum absolute atomic E-state index is 5.91. The zero-order valence-corrected chi connectivity index (χ0v) is 21.7. The SMILES string of the molecule is CCCCCCCCCCc1ccc2nc(-c3ccc(OCCCCCCC)cc3)sc2c1. The van der Waals surface area contributed by atoms with Gasteiger partial charge in [-0.2, -0.15) is 0 Å². The summed E-state index contributed by atoms with van der Waals surface area (Å²) >= 11 is 1.80. The van der Waals surface area contributed by atoms with Crippen molar-refractivity contribution < 1.29 is 4.74 Å². The number of unbranched alkanes of at least 4 members (excludes halogenated alkanes) is 11. The molecule has 0 N–H and O–H groups in total. The van der Waals surface area contributed by atoms with E-state index >= 15 is 0 Å². The van der Waals surface area contributed by atoms with E-state index in [1.165, 1.54) is 99.3 Å². The van der Waals surface area contributed by atoms with Crippen LogP contribution in [-0.4, -0.2) is 11.6 Å². The lowest BCUT2D eigenvalue weighted by molar-refractivity contribution is 0.304. The summed E-state index contributed by atoms with van der Waals surface area (Å²) in [5.74, 6) is 0.961. The number of thiazole rings is 1. The van der Waals surface area contributed by atoms with Crippen molar-refractivity contribution in [3.8, 4) is 16.3 Å². The van der Waals surface area contributed by atoms with Crippen LogP contribution in [0.2, 0.25) is 0 Å². The molecule has 0 fully saturated rings. The summed E-state index contributed by atoms with van der Waals surface area (Å²) in [5, 5.41) is 1.10. The molecule has 0 aliphatic heterocycles. The topological polar surface area (TPSA) is 22.1 Å². The molecule has 33 heavy (non-hydrogen) atoms. The summed E-state index contributed by atoms with van der Waals surface area (Å²) < 4.78 is 7.21. The Balaban J connectivity index is 1.44. The highest BCUT2D eigenvalue weighted by Crippen LogP contribution is 2.32. The van der Waals surface area contributed by atoms with Crippen LogP contribution in [0.15, 0.2) is 42.5 Å². The number of hydrogen-bond acceptors (Lipinski definition) is 3. The molecule has 3 heteroatoms. The van der Waals surface area contributed by atoms with E-state index < -0.39 is 0 Å². The van der Waals surface area contributed by atoms with Crippen LogP contribution in [0, 0.1) is 0 Å². The van der Waals surface area contributed by atoms with E-state index in [2.05, 4.69) is 56.3 Å². The van der Waals surface area contributed by atoms with Crippen molar-refractivity contribution in [3.63, 3.8) is 0 Å². The van der Waals surface area contributed by atoms with Gasteiger partial charge in [0.05, 0.1) is 16.8 Å². The molecule has 0 radical (unpaired) electrons. The van der Waals surface area contributed by atoms with Gasteiger partial charge in [0.25, 0.3) is 0 Å². The van der Waals surface area contributed by atoms with E-state index in [4.69, 9.17) is 9.72 Å². The van der Waals surface area contributed by atoms with Gasteiger partial charge in [-0.1, -0.05) is 90.5 Å². The normalized spacial score (nSPS) is 11.3. The Hall–Kier alpha value is -1.87. The highest BCUT2D eigenvalue weighted by atomic mass is 32.1. The van der Waals surface area contributed by atoms with Crippen molar-refractivity contribution in [3.05, 3.63) is 48.0 Å². The lowest BCUT2D eigenvalue weighted by atomic mass is 10.0. The molecule has 0 saturated carbocycles. The molecule has 3 rings (SSSR count). The van der Waals surface area contributed by atoms with Gasteiger partial charge in [0.1, 0.15) is 10.8 Å². The molecule has 1 heterocycles. The Morgan fingerprint density at radius 2 is 1.33 bits per heavy atom. The molecule has 1 aromatic heterocycles. The van der Waals surface area contributed by atoms with E-state index in [1.54, 1.807) is 11.3 Å². The number of benzene rings is 2. The molecule has 0 spiro atoms. The maximum Gasteiger partial charge on any atom is 0.124 e. The highest BCUT2D eigenvalue weighted by Gasteiger charge is 2.08. The van der Waals surface area contributed by atoms with E-state index in [1.807, 2.05) is 0 Å². The summed E-state index contributed by atoms with van der Waals surface area (Å²) in [6, 6.07) is 15.3. The van der Waals surface area contributed by atoms with Crippen molar-refractivity contribution >= 4 is 21.6 Å². The number of fused-ring (bicyclic) bond motifs is 1. The average molecular weight is 466 g/mol. The molecule has 0 unspecified atom stereocenters. The molecular formula is C30H43NOS. The summed E-state index contributed by atoms with van der Waals surface area (Å²) in [5.41, 5.74) is 3.74. The minimum Gasteiger partial charge on any atom is -0.494 e. The fourth-order valence-electron chi connectivity index (χ4n) is 4.30. The molecule has 2 nitrogen and oxygen atoms in total. The lowest BCUT2D eigenvalue weighted by Gasteiger charge is -2.06. The second-order valence-corrected chi connectivity index (χ2v) is 10.4. The van der Waals surface area contributed by atoms with Crippen LogP contribution < -0.4 is 4.74 Å². The highest BCUT2D eigenvalue weighted by molar-refractivity contribution is 7.21. The van der Waals surface area contributed by atoms with E-state index in [0.717, 1.165) is 29.3 Å². The largest absolute Gasteiger partial charge is 0.494 e. The Labute approximate surface area is 205 Å². The number of rotatable bonds is 17. The molecule has 0 amide bonds. The predicted molar refractivity (Wildman–Crippen MR) is 146 cm³/mol. The molecule has 0 aliphatic carbocycles. The van der Waals surface area contributed by atoms with Crippen molar-refractivity contribution in [1.29, 1.82) is 0 Å². The lowest BCUT2D eigenvalue weighted by Crippen LogP contribution is -1.97. The standard InChI is InChI=1S/C30H43NOS/c1-3-5-7-9-10-11-12-14-16-25-17-22-28-29(24-25)33-30(31-28)26-18-20-27(21-19-26)32-23-15-13-8-6-4-2/h17-22,24H,3-16,23H2,1-2H3. The van der Waals surface area contributed by atoms with Gasteiger partial charge in [0, 0.05) is 5.56 Å². The van der Waals surface area contributed by atoms with Crippen molar-refractivity contribution in [2.24, 2.45) is 0 Å². The van der Waals surface area contributed by atoms with Crippen LogP contribution >= 0.6 is 11.3 Å². The molecule has 0 saturated heterocycles. The first kappa shape index (κ1) is 25.7. The minimum atomic E-state index is 0.811. The predicted octanol–water partition coefficient (Wildman–Crippen LogP) is 10.00. The van der Waals surface area contributed by atoms with Crippen LogP contribution in [0.5, 0.6) is 5.75 Å². The van der Waals surface area contributed by atoms with Crippen LogP contribution in [-0.2, 0) is 6.42 Å². The maximum atomic E-state index is 5.91. The second-order valence-electron chi connectivity index (χ2n) is 9.33. The van der Waals surface area contributed by atoms with Gasteiger partial charge >= 0.3 is 0 Å². The Morgan fingerprint density at radius 3 is 2.03 bits per heavy atom. The van der Waals surface area contributed by atoms with Crippen molar-refractivity contribution in [2.45, 2.75) is 104 Å². The quantitative estimate of drug-likeness (QED) is 0.185. The van der Waals surface area contributed by atoms with E-state index in [9.17, 15) is 0 Å². The van der Waals surface area contributed by atoms with Gasteiger partial charge in [0.2, 0.25) is 0 Å². The first-order chi connectivity index (χ1) is 16.3. The van der Waals surface area contributed by atoms with Gasteiger partial charge in [-0.3, -0.25) is 0 Å². The number of aromatic nitrogens is 1. The van der Waals surface area contributed by atoms with Gasteiger partial charge < -0.3 is 4.74 Å². The third-order valence-electron chi connectivity index (χ3n) is 6.39. The Morgan fingerprint density at radius 1 is 0.697 bits per heavy atom. The van der Waals surface area contributed by atoms with Crippen LogP contribution in [0.25, 0.3) is 20.8 Å². The number of hydrogen-bond donors (Lipinski definition) is 0. The Bertz CT molecular complexity index is 915. The molecule has 180 valence electrons. The monoisotopic (exact) mass is 465 g/mol. The molecule has 3 aromatic rings. The van der Waals surface area contributed by atoms with Crippen LogP contribution in [0.4, 0.5) is 0 Å². The summed E-state index contributed by atoms with van der Waals surface area (Å²) in [7, 11) is 0. The summed E-state index contributed by atoms with van der Waals surface area (Å²) in [6.45, 7) is 5.34. The number of ether oxygens (including phenoxy) is 1. The fraction of sp³-hybridized carbons (Fsp3) is 0.567. The molecule has 0 bridgehead atoms. The van der Waals surface area contributed by atoms with E-state index in [0.29, 0.717) is 0 Å². The van der Waals surface area contributed by atoms with Crippen LogP contribution in [0.3, 0.4) is 0 Å². The molecule has 0 aliphatic rings. The third kappa shape index (κ3) is 9.12. The zero-order valence-electron chi connectivity index (χ0n) is 20.9. The zero-order chi connectivity index (χ0) is 23.1. The van der Waals surface area contributed by atoms with Crippen molar-refractivity contribution in [2.75, 3.05) is 6.61 Å². The van der Waals surface area contributed by atoms with E-state index in [-0.39, 0.29) is 0 Å². The summed E-state index contributed by atoms with van der Waals surface area (Å²) in [6.07, 6.45) is 18.5. The first-order valence-electron chi connectivity index (χ1n) is 13.4.